The zero-order valence-corrected chi connectivity index (χ0v) is 10.8. The van der Waals surface area contributed by atoms with Gasteiger partial charge in [0.25, 0.3) is 0 Å². The van der Waals surface area contributed by atoms with Gasteiger partial charge in [0.2, 0.25) is 5.95 Å². The van der Waals surface area contributed by atoms with Gasteiger partial charge < -0.3 is 10.6 Å². The quantitative estimate of drug-likeness (QED) is 0.825. The highest BCUT2D eigenvalue weighted by Gasteiger charge is 2.11. The van der Waals surface area contributed by atoms with E-state index < -0.39 is 17.5 Å². The monoisotopic (exact) mass is 282 g/mol. The van der Waals surface area contributed by atoms with Crippen LogP contribution in [0.25, 0.3) is 0 Å². The van der Waals surface area contributed by atoms with E-state index in [4.69, 9.17) is 0 Å². The molecule has 0 radical (unpaired) electrons. The van der Waals surface area contributed by atoms with Gasteiger partial charge in [-0.3, -0.25) is 0 Å². The molecule has 7 heteroatoms. The van der Waals surface area contributed by atoms with Crippen molar-refractivity contribution >= 4 is 17.5 Å². The van der Waals surface area contributed by atoms with Gasteiger partial charge in [0, 0.05) is 24.9 Å². The van der Waals surface area contributed by atoms with Gasteiger partial charge in [-0.1, -0.05) is 6.92 Å². The van der Waals surface area contributed by atoms with Crippen molar-refractivity contribution in [1.82, 2.24) is 9.97 Å². The van der Waals surface area contributed by atoms with Crippen molar-refractivity contribution in [2.75, 3.05) is 17.2 Å². The van der Waals surface area contributed by atoms with E-state index in [1.807, 2.05) is 6.92 Å². The molecule has 0 aliphatic heterocycles. The highest BCUT2D eigenvalue weighted by molar-refractivity contribution is 5.57. The standard InChI is InChI=1S/C13H13F3N4/c1-2-4-17-13-18-5-3-11(20-13)19-10-7-8(14)6-9(15)12(10)16/h3,5-7H,2,4H2,1H3,(H2,17,18,19,20). The number of benzene rings is 1. The molecule has 0 atom stereocenters. The van der Waals surface area contributed by atoms with Crippen LogP contribution in [0.15, 0.2) is 24.4 Å². The number of aromatic nitrogens is 2. The zero-order valence-electron chi connectivity index (χ0n) is 10.8. The lowest BCUT2D eigenvalue weighted by atomic mass is 10.3. The van der Waals surface area contributed by atoms with Crippen LogP contribution >= 0.6 is 0 Å². The molecule has 20 heavy (non-hydrogen) atoms. The molecule has 1 aromatic heterocycles. The summed E-state index contributed by atoms with van der Waals surface area (Å²) in [5, 5.41) is 5.48. The number of nitrogens with zero attached hydrogens (tertiary/aromatic N) is 2. The van der Waals surface area contributed by atoms with Crippen LogP contribution in [0.5, 0.6) is 0 Å². The highest BCUT2D eigenvalue weighted by Crippen LogP contribution is 2.22. The van der Waals surface area contributed by atoms with E-state index in [-0.39, 0.29) is 11.5 Å². The predicted molar refractivity (Wildman–Crippen MR) is 70.4 cm³/mol. The Balaban J connectivity index is 2.21. The van der Waals surface area contributed by atoms with Crippen LogP contribution in [0.1, 0.15) is 13.3 Å². The van der Waals surface area contributed by atoms with Crippen molar-refractivity contribution in [2.24, 2.45) is 0 Å². The molecule has 106 valence electrons. The first-order valence-corrected chi connectivity index (χ1v) is 6.08. The molecule has 4 nitrogen and oxygen atoms in total. The molecule has 0 fully saturated rings. The first-order chi connectivity index (χ1) is 9.60. The van der Waals surface area contributed by atoms with E-state index in [0.717, 1.165) is 12.5 Å². The number of anilines is 3. The van der Waals surface area contributed by atoms with Gasteiger partial charge in [-0.15, -0.1) is 0 Å². The number of hydrogen-bond acceptors (Lipinski definition) is 4. The fourth-order valence-electron chi connectivity index (χ4n) is 1.54. The number of nitrogens with one attached hydrogen (secondary N) is 2. The minimum absolute atomic E-state index is 0.238. The second-order valence-electron chi connectivity index (χ2n) is 4.07. The SMILES string of the molecule is CCCNc1nccc(Nc2cc(F)cc(F)c2F)n1. The lowest BCUT2D eigenvalue weighted by molar-refractivity contribution is 0.498. The second kappa shape index (κ2) is 6.23. The van der Waals surface area contributed by atoms with E-state index in [9.17, 15) is 13.2 Å². The third kappa shape index (κ3) is 3.37. The third-order valence-corrected chi connectivity index (χ3v) is 2.44. The van der Waals surface area contributed by atoms with E-state index >= 15 is 0 Å². The molecule has 0 amide bonds. The Bertz CT molecular complexity index is 604. The molecular weight excluding hydrogens is 269 g/mol. The Morgan fingerprint density at radius 3 is 2.75 bits per heavy atom. The van der Waals surface area contributed by atoms with Crippen LogP contribution in [-0.2, 0) is 0 Å². The lowest BCUT2D eigenvalue weighted by Crippen LogP contribution is -2.06. The first kappa shape index (κ1) is 14.1. The van der Waals surface area contributed by atoms with Crippen LogP contribution in [0.3, 0.4) is 0 Å². The summed E-state index contributed by atoms with van der Waals surface area (Å²) in [5.41, 5.74) is -0.317. The summed E-state index contributed by atoms with van der Waals surface area (Å²) < 4.78 is 39.7. The lowest BCUT2D eigenvalue weighted by Gasteiger charge is -2.09. The van der Waals surface area contributed by atoms with Crippen molar-refractivity contribution < 1.29 is 13.2 Å². The Morgan fingerprint density at radius 1 is 1.20 bits per heavy atom. The number of halogens is 3. The third-order valence-electron chi connectivity index (χ3n) is 2.44. The second-order valence-corrected chi connectivity index (χ2v) is 4.07. The van der Waals surface area contributed by atoms with Crippen molar-refractivity contribution in [1.29, 1.82) is 0 Å². The molecule has 1 aromatic carbocycles. The molecule has 2 rings (SSSR count). The highest BCUT2D eigenvalue weighted by atomic mass is 19.2. The smallest absolute Gasteiger partial charge is 0.224 e. The van der Waals surface area contributed by atoms with Gasteiger partial charge in [-0.25, -0.2) is 18.2 Å². The zero-order chi connectivity index (χ0) is 14.5. The Kier molecular flexibility index (Phi) is 4.39. The number of hydrogen-bond donors (Lipinski definition) is 2. The average molecular weight is 282 g/mol. The summed E-state index contributed by atoms with van der Waals surface area (Å²) in [4.78, 5) is 8.03. The molecule has 0 saturated carbocycles. The van der Waals surface area contributed by atoms with E-state index in [2.05, 4.69) is 20.6 Å². The minimum atomic E-state index is -1.26. The van der Waals surface area contributed by atoms with Gasteiger partial charge in [-0.2, -0.15) is 4.98 Å². The fraction of sp³-hybridized carbons (Fsp3) is 0.231. The van der Waals surface area contributed by atoms with Crippen LogP contribution in [-0.4, -0.2) is 16.5 Å². The number of rotatable bonds is 5. The summed E-state index contributed by atoms with van der Waals surface area (Å²) in [6.45, 7) is 2.67. The van der Waals surface area contributed by atoms with Crippen molar-refractivity contribution in [3.05, 3.63) is 41.8 Å². The Morgan fingerprint density at radius 2 is 2.00 bits per heavy atom. The van der Waals surface area contributed by atoms with E-state index in [1.54, 1.807) is 0 Å². The normalized spacial score (nSPS) is 10.4. The Labute approximate surface area is 114 Å². The van der Waals surface area contributed by atoms with Gasteiger partial charge in [0.15, 0.2) is 11.6 Å². The average Bonchev–Trinajstić information content (AvgIpc) is 2.42. The van der Waals surface area contributed by atoms with Crippen molar-refractivity contribution in [3.8, 4) is 0 Å². The molecular formula is C13H13F3N4. The minimum Gasteiger partial charge on any atom is -0.354 e. The molecule has 2 aromatic rings. The summed E-state index contributed by atoms with van der Waals surface area (Å²) in [5.74, 6) is -2.69. The Hall–Kier alpha value is -2.31. The van der Waals surface area contributed by atoms with E-state index in [1.165, 1.54) is 12.3 Å². The molecule has 1 heterocycles. The van der Waals surface area contributed by atoms with Gasteiger partial charge >= 0.3 is 0 Å². The van der Waals surface area contributed by atoms with Crippen LogP contribution < -0.4 is 10.6 Å². The first-order valence-electron chi connectivity index (χ1n) is 6.08. The summed E-state index contributed by atoms with van der Waals surface area (Å²) in [6.07, 6.45) is 2.35. The van der Waals surface area contributed by atoms with Gasteiger partial charge in [0.1, 0.15) is 11.6 Å². The van der Waals surface area contributed by atoms with Crippen molar-refractivity contribution in [2.45, 2.75) is 13.3 Å². The van der Waals surface area contributed by atoms with Crippen LogP contribution in [0.2, 0.25) is 0 Å². The van der Waals surface area contributed by atoms with Crippen LogP contribution in [0.4, 0.5) is 30.6 Å². The molecule has 0 aliphatic carbocycles. The molecule has 0 unspecified atom stereocenters. The maximum atomic E-state index is 13.5. The predicted octanol–water partition coefficient (Wildman–Crippen LogP) is 3.46. The maximum Gasteiger partial charge on any atom is 0.224 e. The fourth-order valence-corrected chi connectivity index (χ4v) is 1.54. The van der Waals surface area contributed by atoms with Gasteiger partial charge in [0.05, 0.1) is 5.69 Å². The molecule has 0 saturated heterocycles. The molecule has 0 bridgehead atoms. The van der Waals surface area contributed by atoms with Crippen LogP contribution in [0, 0.1) is 17.5 Å². The molecule has 0 spiro atoms. The van der Waals surface area contributed by atoms with Gasteiger partial charge in [-0.05, 0) is 12.5 Å². The largest absolute Gasteiger partial charge is 0.354 e. The van der Waals surface area contributed by atoms with E-state index in [0.29, 0.717) is 18.6 Å². The molecule has 0 aliphatic rings. The summed E-state index contributed by atoms with van der Waals surface area (Å²) in [7, 11) is 0. The van der Waals surface area contributed by atoms with Crippen molar-refractivity contribution in [3.63, 3.8) is 0 Å². The molecule has 2 N–H and O–H groups in total. The summed E-state index contributed by atoms with van der Waals surface area (Å²) >= 11 is 0. The topological polar surface area (TPSA) is 49.8 Å². The summed E-state index contributed by atoms with van der Waals surface area (Å²) in [6, 6.07) is 2.81. The maximum absolute atomic E-state index is 13.5.